The van der Waals surface area contributed by atoms with Gasteiger partial charge in [-0.05, 0) is 12.1 Å². The number of amides is 1. The van der Waals surface area contributed by atoms with Crippen molar-refractivity contribution >= 4 is 25.7 Å². The maximum absolute atomic E-state index is 11.1. The summed E-state index contributed by atoms with van der Waals surface area (Å²) in [6, 6.07) is 9.82. The second-order valence-electron chi connectivity index (χ2n) is 3.27. The van der Waals surface area contributed by atoms with Crippen LogP contribution in [0.25, 0.3) is 5.69 Å². The van der Waals surface area contributed by atoms with Crippen LogP contribution in [0.1, 0.15) is 7.43 Å². The molecule has 1 N–H and O–H groups in total. The van der Waals surface area contributed by atoms with Gasteiger partial charge in [0.15, 0.2) is 5.16 Å². The van der Waals surface area contributed by atoms with E-state index in [1.807, 2.05) is 41.1 Å². The third kappa shape index (κ3) is 3.40. The molecule has 0 saturated carbocycles. The van der Waals surface area contributed by atoms with Gasteiger partial charge >= 0.3 is 0 Å². The van der Waals surface area contributed by atoms with Crippen LogP contribution in [0.4, 0.5) is 0 Å². The Morgan fingerprint density at radius 2 is 2.11 bits per heavy atom. The molecule has 1 amide bonds. The predicted molar refractivity (Wildman–Crippen MR) is 74.9 cm³/mol. The van der Waals surface area contributed by atoms with Gasteiger partial charge in [-0.3, -0.25) is 9.36 Å². The highest BCUT2D eigenvalue weighted by Crippen LogP contribution is 2.19. The molecule has 1 heterocycles. The van der Waals surface area contributed by atoms with Crippen LogP contribution in [0.15, 0.2) is 47.9 Å². The van der Waals surface area contributed by atoms with Crippen LogP contribution in [0, 0.1) is 0 Å². The van der Waals surface area contributed by atoms with Gasteiger partial charge in [-0.1, -0.05) is 37.4 Å². The second kappa shape index (κ2) is 6.91. The first-order valence-corrected chi connectivity index (χ1v) is 6.01. The summed E-state index contributed by atoms with van der Waals surface area (Å²) in [5.74, 6) is 0.0259. The fourth-order valence-electron chi connectivity index (χ4n) is 1.35. The average Bonchev–Trinajstić information content (AvgIpc) is 2.85. The minimum absolute atomic E-state index is 0. The van der Waals surface area contributed by atoms with E-state index in [2.05, 4.69) is 10.2 Å². The van der Waals surface area contributed by atoms with E-state index in [0.29, 0.717) is 0 Å². The Labute approximate surface area is 112 Å². The van der Waals surface area contributed by atoms with Crippen molar-refractivity contribution in [1.29, 1.82) is 0 Å². The van der Waals surface area contributed by atoms with Crippen molar-refractivity contribution in [2.45, 2.75) is 12.6 Å². The summed E-state index contributed by atoms with van der Waals surface area (Å²) in [6.45, 7) is 0. The molecule has 0 aliphatic carbocycles. The molecule has 0 atom stereocenters. The number of imidazole rings is 1. The number of thioether (sulfide) groups is 1. The number of para-hydroxylation sites is 1. The quantitative estimate of drug-likeness (QED) is 0.672. The van der Waals surface area contributed by atoms with Crippen LogP contribution in [-0.4, -0.2) is 29.2 Å². The van der Waals surface area contributed by atoms with Gasteiger partial charge in [0.1, 0.15) is 0 Å². The lowest BCUT2D eigenvalue weighted by Crippen LogP contribution is -2.21. The van der Waals surface area contributed by atoms with Gasteiger partial charge in [0.25, 0.3) is 0 Å². The minimum atomic E-state index is -0.224. The van der Waals surface area contributed by atoms with Crippen molar-refractivity contribution < 1.29 is 4.79 Å². The fourth-order valence-corrected chi connectivity index (χ4v) is 2.14. The van der Waals surface area contributed by atoms with Gasteiger partial charge in [-0.15, -0.1) is 0 Å². The van der Waals surface area contributed by atoms with E-state index < -0.39 is 0 Å². The van der Waals surface area contributed by atoms with Gasteiger partial charge in [-0.25, -0.2) is 4.98 Å². The van der Waals surface area contributed by atoms with E-state index in [4.69, 9.17) is 7.98 Å². The molecule has 1 aromatic carbocycles. The van der Waals surface area contributed by atoms with Crippen molar-refractivity contribution in [3.05, 3.63) is 42.7 Å². The summed E-state index contributed by atoms with van der Waals surface area (Å²) in [4.78, 5) is 15.3. The Kier molecular flexibility index (Phi) is 5.52. The van der Waals surface area contributed by atoms with Crippen molar-refractivity contribution in [3.63, 3.8) is 0 Å². The number of hydrogen-bond acceptors (Lipinski definition) is 3. The Bertz CT molecular complexity index is 501. The molecule has 0 saturated heterocycles. The fraction of sp³-hybridized carbons (Fsp3) is 0.167. The summed E-state index contributed by atoms with van der Waals surface area (Å²) >= 11 is 1.34. The van der Waals surface area contributed by atoms with Crippen molar-refractivity contribution in [1.82, 2.24) is 14.8 Å². The first kappa shape index (κ1) is 14.4. The first-order chi connectivity index (χ1) is 8.31. The third-order valence-corrected chi connectivity index (χ3v) is 3.10. The standard InChI is InChI=1S/C11H10BN3OS.CH4/c12-14-10(16)8-17-11-13-6-7-15(11)9-4-2-1-3-5-9;/h1-7H,8H2,(H,14,16);1H4. The van der Waals surface area contributed by atoms with Crippen LogP contribution in [0.2, 0.25) is 0 Å². The molecule has 18 heavy (non-hydrogen) atoms. The number of nitrogens with zero attached hydrogens (tertiary/aromatic N) is 2. The Balaban J connectivity index is 0.00000162. The highest BCUT2D eigenvalue weighted by molar-refractivity contribution is 7.99. The average molecular weight is 259 g/mol. The van der Waals surface area contributed by atoms with E-state index in [0.717, 1.165) is 10.8 Å². The highest BCUT2D eigenvalue weighted by atomic mass is 32.2. The van der Waals surface area contributed by atoms with Gasteiger partial charge in [0.05, 0.1) is 5.75 Å². The zero-order valence-electron chi connectivity index (χ0n) is 9.04. The summed E-state index contributed by atoms with van der Waals surface area (Å²) in [6.07, 6.45) is 3.56. The number of carbonyl (C=O) groups is 1. The van der Waals surface area contributed by atoms with E-state index in [1.54, 1.807) is 6.20 Å². The molecule has 0 fully saturated rings. The molecule has 0 spiro atoms. The number of rotatable bonds is 4. The Morgan fingerprint density at radius 3 is 2.78 bits per heavy atom. The summed E-state index contributed by atoms with van der Waals surface area (Å²) < 4.78 is 1.93. The van der Waals surface area contributed by atoms with Crippen LogP contribution in [0.5, 0.6) is 0 Å². The van der Waals surface area contributed by atoms with Crippen molar-refractivity contribution in [2.24, 2.45) is 0 Å². The van der Waals surface area contributed by atoms with Gasteiger partial charge < -0.3 is 5.23 Å². The Morgan fingerprint density at radius 1 is 1.39 bits per heavy atom. The van der Waals surface area contributed by atoms with E-state index in [9.17, 15) is 4.79 Å². The molecule has 2 radical (unpaired) electrons. The second-order valence-corrected chi connectivity index (χ2v) is 4.21. The molecular weight excluding hydrogens is 245 g/mol. The van der Waals surface area contributed by atoms with E-state index in [1.165, 1.54) is 11.8 Å². The lowest BCUT2D eigenvalue weighted by molar-refractivity contribution is -0.116. The molecular formula is C12H14BN3OS. The van der Waals surface area contributed by atoms with Crippen molar-refractivity contribution in [2.75, 3.05) is 5.75 Å². The molecule has 2 aromatic rings. The minimum Gasteiger partial charge on any atom is -0.408 e. The van der Waals surface area contributed by atoms with Gasteiger partial charge in [0.2, 0.25) is 13.9 Å². The molecule has 2 rings (SSSR count). The molecule has 6 heteroatoms. The number of nitrogens with one attached hydrogen (secondary N) is 1. The summed E-state index contributed by atoms with van der Waals surface area (Å²) in [5, 5.41) is 2.85. The maximum atomic E-state index is 11.1. The lowest BCUT2D eigenvalue weighted by Gasteiger charge is -2.06. The van der Waals surface area contributed by atoms with E-state index in [-0.39, 0.29) is 19.1 Å². The molecule has 0 bridgehead atoms. The SMILES string of the molecule is C.[B]NC(=O)CSc1nccn1-c1ccccc1. The number of carbonyl (C=O) groups excluding carboxylic acids is 1. The first-order valence-electron chi connectivity index (χ1n) is 5.02. The monoisotopic (exact) mass is 259 g/mol. The molecule has 0 aliphatic rings. The Hall–Kier alpha value is -1.69. The number of aromatic nitrogens is 2. The van der Waals surface area contributed by atoms with Crippen LogP contribution in [0.3, 0.4) is 0 Å². The molecule has 92 valence electrons. The number of benzene rings is 1. The van der Waals surface area contributed by atoms with Crippen LogP contribution >= 0.6 is 11.8 Å². The summed E-state index contributed by atoms with van der Waals surface area (Å²) in [5.41, 5.74) is 1.01. The van der Waals surface area contributed by atoms with E-state index >= 15 is 0 Å². The number of hydrogen-bond donors (Lipinski definition) is 1. The highest BCUT2D eigenvalue weighted by Gasteiger charge is 2.07. The normalized spacial score (nSPS) is 9.56. The zero-order chi connectivity index (χ0) is 12.1. The van der Waals surface area contributed by atoms with Gasteiger partial charge in [-0.2, -0.15) is 0 Å². The maximum Gasteiger partial charge on any atom is 0.226 e. The topological polar surface area (TPSA) is 46.9 Å². The smallest absolute Gasteiger partial charge is 0.226 e. The van der Waals surface area contributed by atoms with Crippen molar-refractivity contribution in [3.8, 4) is 5.69 Å². The molecule has 0 unspecified atom stereocenters. The zero-order valence-corrected chi connectivity index (χ0v) is 9.85. The largest absolute Gasteiger partial charge is 0.408 e. The predicted octanol–water partition coefficient (Wildman–Crippen LogP) is 1.80. The van der Waals surface area contributed by atoms with Gasteiger partial charge in [0, 0.05) is 18.1 Å². The summed E-state index contributed by atoms with van der Waals surface area (Å²) in [7, 11) is 5.02. The third-order valence-electron chi connectivity index (χ3n) is 2.13. The lowest BCUT2D eigenvalue weighted by atomic mass is 10.3. The molecule has 0 aliphatic heterocycles. The van der Waals surface area contributed by atoms with Crippen LogP contribution in [-0.2, 0) is 4.79 Å². The van der Waals surface area contributed by atoms with Crippen LogP contribution < -0.4 is 5.23 Å². The molecule has 1 aromatic heterocycles. The molecule has 4 nitrogen and oxygen atoms in total.